The Hall–Kier alpha value is -1.48. The van der Waals surface area contributed by atoms with Crippen molar-refractivity contribution in [2.24, 2.45) is 0 Å². The average molecular weight is 351 g/mol. The van der Waals surface area contributed by atoms with Gasteiger partial charge in [-0.1, -0.05) is 18.2 Å². The Bertz CT molecular complexity index is 863. The molecule has 22 heavy (non-hydrogen) atoms. The SMILES string of the molecule is O=S(=O)(NCCSc1ncnc2ccsc12)c1ccccc1. The van der Waals surface area contributed by atoms with Crippen molar-refractivity contribution < 1.29 is 8.42 Å². The highest BCUT2D eigenvalue weighted by molar-refractivity contribution is 7.99. The van der Waals surface area contributed by atoms with Crippen molar-refractivity contribution in [2.75, 3.05) is 12.3 Å². The second-order valence-electron chi connectivity index (χ2n) is 4.37. The Morgan fingerprint density at radius 2 is 1.95 bits per heavy atom. The van der Waals surface area contributed by atoms with E-state index >= 15 is 0 Å². The van der Waals surface area contributed by atoms with Gasteiger partial charge in [-0.15, -0.1) is 23.1 Å². The highest BCUT2D eigenvalue weighted by Crippen LogP contribution is 2.28. The predicted molar refractivity (Wildman–Crippen MR) is 89.8 cm³/mol. The number of hydrogen-bond donors (Lipinski definition) is 1. The molecule has 0 unspecified atom stereocenters. The Kier molecular flexibility index (Phi) is 4.72. The van der Waals surface area contributed by atoms with Gasteiger partial charge in [-0.05, 0) is 23.6 Å². The number of fused-ring (bicyclic) bond motifs is 1. The van der Waals surface area contributed by atoms with Crippen LogP contribution in [0.2, 0.25) is 0 Å². The first kappa shape index (κ1) is 15.4. The number of aromatic nitrogens is 2. The number of hydrogen-bond acceptors (Lipinski definition) is 6. The highest BCUT2D eigenvalue weighted by Gasteiger charge is 2.12. The van der Waals surface area contributed by atoms with Gasteiger partial charge >= 0.3 is 0 Å². The molecule has 1 N–H and O–H groups in total. The largest absolute Gasteiger partial charge is 0.240 e. The molecule has 8 heteroatoms. The van der Waals surface area contributed by atoms with Crippen LogP contribution < -0.4 is 4.72 Å². The molecule has 0 saturated heterocycles. The number of nitrogens with one attached hydrogen (secondary N) is 1. The van der Waals surface area contributed by atoms with Gasteiger partial charge in [-0.25, -0.2) is 23.1 Å². The van der Waals surface area contributed by atoms with Crippen LogP contribution in [0.25, 0.3) is 10.2 Å². The van der Waals surface area contributed by atoms with Crippen molar-refractivity contribution >= 4 is 43.3 Å². The first-order chi connectivity index (χ1) is 10.7. The Morgan fingerprint density at radius 1 is 1.14 bits per heavy atom. The third-order valence-electron chi connectivity index (χ3n) is 2.90. The van der Waals surface area contributed by atoms with E-state index in [4.69, 9.17) is 0 Å². The molecule has 0 radical (unpaired) electrons. The third kappa shape index (κ3) is 3.46. The quantitative estimate of drug-likeness (QED) is 0.420. The summed E-state index contributed by atoms with van der Waals surface area (Å²) in [5.74, 6) is 0.607. The van der Waals surface area contributed by atoms with Crippen LogP contribution in [0.3, 0.4) is 0 Å². The van der Waals surface area contributed by atoms with Gasteiger partial charge in [0.05, 0.1) is 15.1 Å². The highest BCUT2D eigenvalue weighted by atomic mass is 32.2. The number of rotatable bonds is 6. The van der Waals surface area contributed by atoms with Crippen LogP contribution in [0.15, 0.2) is 58.0 Å². The summed E-state index contributed by atoms with van der Waals surface area (Å²) >= 11 is 3.11. The van der Waals surface area contributed by atoms with Gasteiger partial charge in [0.15, 0.2) is 0 Å². The molecule has 3 rings (SSSR count). The van der Waals surface area contributed by atoms with Gasteiger partial charge in [0.2, 0.25) is 10.0 Å². The molecule has 0 fully saturated rings. The zero-order valence-corrected chi connectivity index (χ0v) is 13.9. The van der Waals surface area contributed by atoms with Crippen LogP contribution >= 0.6 is 23.1 Å². The zero-order valence-electron chi connectivity index (χ0n) is 11.5. The monoisotopic (exact) mass is 351 g/mol. The second-order valence-corrected chi connectivity index (χ2v) is 8.14. The summed E-state index contributed by atoms with van der Waals surface area (Å²) in [6, 6.07) is 10.3. The van der Waals surface area contributed by atoms with Crippen LogP contribution in [-0.4, -0.2) is 30.7 Å². The fraction of sp³-hybridized carbons (Fsp3) is 0.143. The van der Waals surface area contributed by atoms with Crippen molar-refractivity contribution in [1.82, 2.24) is 14.7 Å². The molecule has 0 bridgehead atoms. The lowest BCUT2D eigenvalue weighted by Crippen LogP contribution is -2.25. The van der Waals surface area contributed by atoms with Crippen molar-refractivity contribution in [3.05, 3.63) is 48.1 Å². The maximum Gasteiger partial charge on any atom is 0.240 e. The molecule has 0 spiro atoms. The summed E-state index contributed by atoms with van der Waals surface area (Å²) in [7, 11) is -3.44. The fourth-order valence-corrected chi connectivity index (χ4v) is 4.86. The normalized spacial score (nSPS) is 11.8. The van der Waals surface area contributed by atoms with Crippen molar-refractivity contribution in [1.29, 1.82) is 0 Å². The molecule has 114 valence electrons. The van der Waals surface area contributed by atoms with E-state index in [1.807, 2.05) is 11.4 Å². The lowest BCUT2D eigenvalue weighted by atomic mass is 10.4. The molecular weight excluding hydrogens is 338 g/mol. The maximum absolute atomic E-state index is 12.1. The lowest BCUT2D eigenvalue weighted by molar-refractivity contribution is 0.584. The minimum atomic E-state index is -3.44. The van der Waals surface area contributed by atoms with Crippen LogP contribution in [-0.2, 0) is 10.0 Å². The van der Waals surface area contributed by atoms with E-state index in [2.05, 4.69) is 14.7 Å². The van der Waals surface area contributed by atoms with Crippen molar-refractivity contribution in [3.63, 3.8) is 0 Å². The molecular formula is C14H13N3O2S3. The summed E-state index contributed by atoms with van der Waals surface area (Å²) in [5.41, 5.74) is 0.923. The Labute approximate surface area is 136 Å². The standard InChI is InChI=1S/C14H13N3O2S3/c18-22(19,11-4-2-1-3-5-11)17-7-9-21-14-13-12(6-8-20-13)15-10-16-14/h1-6,8,10,17H,7,9H2. The predicted octanol–water partition coefficient (Wildman–Crippen LogP) is 2.76. The molecule has 2 heterocycles. The van der Waals surface area contributed by atoms with Crippen LogP contribution in [0.1, 0.15) is 0 Å². The second kappa shape index (κ2) is 6.74. The van der Waals surface area contributed by atoms with Crippen molar-refractivity contribution in [2.45, 2.75) is 9.92 Å². The average Bonchev–Trinajstić information content (AvgIpc) is 3.02. The molecule has 0 amide bonds. The van der Waals surface area contributed by atoms with E-state index in [0.717, 1.165) is 15.2 Å². The Balaban J connectivity index is 1.59. The summed E-state index contributed by atoms with van der Waals surface area (Å²) in [4.78, 5) is 8.72. The van der Waals surface area contributed by atoms with Crippen LogP contribution in [0, 0.1) is 0 Å². The molecule has 3 aromatic rings. The van der Waals surface area contributed by atoms with E-state index in [-0.39, 0.29) is 4.90 Å². The fourth-order valence-electron chi connectivity index (χ4n) is 1.88. The summed E-state index contributed by atoms with van der Waals surface area (Å²) in [6.45, 7) is 0.346. The smallest absolute Gasteiger partial charge is 0.235 e. The van der Waals surface area contributed by atoms with Gasteiger partial charge in [0.1, 0.15) is 11.4 Å². The number of thioether (sulfide) groups is 1. The molecule has 5 nitrogen and oxygen atoms in total. The molecule has 0 aliphatic carbocycles. The minimum Gasteiger partial charge on any atom is -0.235 e. The van der Waals surface area contributed by atoms with E-state index < -0.39 is 10.0 Å². The van der Waals surface area contributed by atoms with E-state index in [0.29, 0.717) is 12.3 Å². The van der Waals surface area contributed by atoms with E-state index in [9.17, 15) is 8.42 Å². The van der Waals surface area contributed by atoms with Gasteiger partial charge in [0, 0.05) is 12.3 Å². The molecule has 0 aliphatic rings. The van der Waals surface area contributed by atoms with E-state index in [1.165, 1.54) is 18.1 Å². The van der Waals surface area contributed by atoms with Gasteiger partial charge in [-0.3, -0.25) is 0 Å². The topological polar surface area (TPSA) is 72.0 Å². The van der Waals surface area contributed by atoms with E-state index in [1.54, 1.807) is 41.7 Å². The zero-order chi connectivity index (χ0) is 15.4. The summed E-state index contributed by atoms with van der Waals surface area (Å²) in [6.07, 6.45) is 1.53. The number of benzene rings is 1. The summed E-state index contributed by atoms with van der Waals surface area (Å²) in [5, 5.41) is 2.86. The Morgan fingerprint density at radius 3 is 2.77 bits per heavy atom. The van der Waals surface area contributed by atoms with Crippen LogP contribution in [0.5, 0.6) is 0 Å². The minimum absolute atomic E-state index is 0.280. The molecule has 0 aliphatic heterocycles. The molecule has 2 aromatic heterocycles. The number of nitrogens with zero attached hydrogens (tertiary/aromatic N) is 2. The first-order valence-electron chi connectivity index (χ1n) is 6.52. The number of sulfonamides is 1. The first-order valence-corrected chi connectivity index (χ1v) is 9.87. The molecule has 0 saturated carbocycles. The molecule has 0 atom stereocenters. The van der Waals surface area contributed by atoms with Crippen LogP contribution in [0.4, 0.5) is 0 Å². The third-order valence-corrected chi connectivity index (χ3v) is 6.40. The maximum atomic E-state index is 12.1. The number of thiophene rings is 1. The van der Waals surface area contributed by atoms with Crippen molar-refractivity contribution in [3.8, 4) is 0 Å². The van der Waals surface area contributed by atoms with Gasteiger partial charge in [-0.2, -0.15) is 0 Å². The van der Waals surface area contributed by atoms with Gasteiger partial charge < -0.3 is 0 Å². The lowest BCUT2D eigenvalue weighted by Gasteiger charge is -2.06. The molecule has 1 aromatic carbocycles. The summed E-state index contributed by atoms with van der Waals surface area (Å²) < 4.78 is 27.8. The van der Waals surface area contributed by atoms with Gasteiger partial charge in [0.25, 0.3) is 0 Å².